The molecule has 0 saturated heterocycles. The van der Waals surface area contributed by atoms with Gasteiger partial charge >= 0.3 is 12.1 Å². The maximum Gasteiger partial charge on any atom is 0.416 e. The SMILES string of the molecule is CC(Cc1cccc(C(F)(F)F)c1)NCCC(=O)O. The monoisotopic (exact) mass is 275 g/mol. The first-order valence-electron chi connectivity index (χ1n) is 5.90. The van der Waals surface area contributed by atoms with E-state index in [0.29, 0.717) is 18.5 Å². The first-order chi connectivity index (χ1) is 8.79. The Balaban J connectivity index is 2.55. The Kier molecular flexibility index (Phi) is 5.35. The maximum atomic E-state index is 12.5. The summed E-state index contributed by atoms with van der Waals surface area (Å²) in [6.45, 7) is 2.11. The highest BCUT2D eigenvalue weighted by molar-refractivity contribution is 5.66. The molecular formula is C13H16F3NO2. The smallest absolute Gasteiger partial charge is 0.416 e. The molecule has 1 atom stereocenters. The fourth-order valence-electron chi connectivity index (χ4n) is 1.73. The van der Waals surface area contributed by atoms with Gasteiger partial charge in [-0.3, -0.25) is 4.79 Å². The number of nitrogens with one attached hydrogen (secondary N) is 1. The standard InChI is InChI=1S/C13H16F3NO2/c1-9(17-6-5-12(18)19)7-10-3-2-4-11(8-10)13(14,15)16/h2-4,8-9,17H,5-7H2,1H3,(H,18,19). The van der Waals surface area contributed by atoms with Crippen LogP contribution in [0.15, 0.2) is 24.3 Å². The third kappa shape index (κ3) is 5.74. The van der Waals surface area contributed by atoms with Crippen LogP contribution in [0.3, 0.4) is 0 Å². The molecule has 1 rings (SSSR count). The van der Waals surface area contributed by atoms with Gasteiger partial charge in [-0.2, -0.15) is 13.2 Å². The van der Waals surface area contributed by atoms with Gasteiger partial charge in [-0.05, 0) is 25.0 Å². The van der Waals surface area contributed by atoms with Crippen molar-refractivity contribution in [3.05, 3.63) is 35.4 Å². The Morgan fingerprint density at radius 1 is 1.42 bits per heavy atom. The van der Waals surface area contributed by atoms with Crippen molar-refractivity contribution >= 4 is 5.97 Å². The lowest BCUT2D eigenvalue weighted by molar-refractivity contribution is -0.138. The number of carboxylic acids is 1. The van der Waals surface area contributed by atoms with Crippen molar-refractivity contribution < 1.29 is 23.1 Å². The summed E-state index contributed by atoms with van der Waals surface area (Å²) in [7, 11) is 0. The number of carbonyl (C=O) groups is 1. The number of carboxylic acid groups (broad SMARTS) is 1. The summed E-state index contributed by atoms with van der Waals surface area (Å²) >= 11 is 0. The topological polar surface area (TPSA) is 49.3 Å². The number of hydrogen-bond acceptors (Lipinski definition) is 2. The molecule has 0 spiro atoms. The molecule has 0 bridgehead atoms. The zero-order valence-corrected chi connectivity index (χ0v) is 10.5. The summed E-state index contributed by atoms with van der Waals surface area (Å²) in [4.78, 5) is 10.3. The van der Waals surface area contributed by atoms with Crippen LogP contribution in [0.25, 0.3) is 0 Å². The third-order valence-corrected chi connectivity index (χ3v) is 2.63. The molecule has 3 nitrogen and oxygen atoms in total. The van der Waals surface area contributed by atoms with E-state index in [1.165, 1.54) is 6.07 Å². The highest BCUT2D eigenvalue weighted by Gasteiger charge is 2.30. The van der Waals surface area contributed by atoms with Crippen LogP contribution in [0.5, 0.6) is 0 Å². The van der Waals surface area contributed by atoms with Gasteiger partial charge in [0.15, 0.2) is 0 Å². The molecular weight excluding hydrogens is 259 g/mol. The average molecular weight is 275 g/mol. The van der Waals surface area contributed by atoms with Gasteiger partial charge in [-0.25, -0.2) is 0 Å². The van der Waals surface area contributed by atoms with Crippen molar-refractivity contribution in [1.29, 1.82) is 0 Å². The van der Waals surface area contributed by atoms with E-state index >= 15 is 0 Å². The predicted molar refractivity (Wildman–Crippen MR) is 64.9 cm³/mol. The van der Waals surface area contributed by atoms with Crippen molar-refractivity contribution in [3.63, 3.8) is 0 Å². The van der Waals surface area contributed by atoms with E-state index in [2.05, 4.69) is 5.32 Å². The van der Waals surface area contributed by atoms with Gasteiger partial charge in [0.1, 0.15) is 0 Å². The van der Waals surface area contributed by atoms with E-state index in [1.807, 2.05) is 6.92 Å². The first-order valence-corrected chi connectivity index (χ1v) is 5.90. The van der Waals surface area contributed by atoms with Gasteiger partial charge in [0.2, 0.25) is 0 Å². The van der Waals surface area contributed by atoms with Crippen LogP contribution in [0.1, 0.15) is 24.5 Å². The number of rotatable bonds is 6. The number of hydrogen-bond donors (Lipinski definition) is 2. The molecule has 6 heteroatoms. The molecule has 1 unspecified atom stereocenters. The summed E-state index contributed by atoms with van der Waals surface area (Å²) in [5, 5.41) is 11.4. The van der Waals surface area contributed by atoms with Crippen molar-refractivity contribution in [1.82, 2.24) is 5.32 Å². The molecule has 0 heterocycles. The largest absolute Gasteiger partial charge is 0.481 e. The van der Waals surface area contributed by atoms with Crippen LogP contribution < -0.4 is 5.32 Å². The van der Waals surface area contributed by atoms with Gasteiger partial charge < -0.3 is 10.4 Å². The summed E-state index contributed by atoms with van der Waals surface area (Å²) < 4.78 is 37.5. The fourth-order valence-corrected chi connectivity index (χ4v) is 1.73. The second-order valence-electron chi connectivity index (χ2n) is 4.40. The third-order valence-electron chi connectivity index (χ3n) is 2.63. The molecule has 0 radical (unpaired) electrons. The van der Waals surface area contributed by atoms with E-state index in [4.69, 9.17) is 5.11 Å². The lowest BCUT2D eigenvalue weighted by Crippen LogP contribution is -2.30. The minimum absolute atomic E-state index is 0.00701. The molecule has 0 saturated carbocycles. The van der Waals surface area contributed by atoms with Crippen LogP contribution in [-0.4, -0.2) is 23.7 Å². The highest BCUT2D eigenvalue weighted by Crippen LogP contribution is 2.29. The minimum Gasteiger partial charge on any atom is -0.481 e. The van der Waals surface area contributed by atoms with E-state index in [-0.39, 0.29) is 12.5 Å². The second-order valence-corrected chi connectivity index (χ2v) is 4.40. The van der Waals surface area contributed by atoms with Crippen LogP contribution in [-0.2, 0) is 17.4 Å². The Bertz CT molecular complexity index is 432. The Morgan fingerprint density at radius 3 is 2.68 bits per heavy atom. The molecule has 1 aromatic rings. The molecule has 19 heavy (non-hydrogen) atoms. The van der Waals surface area contributed by atoms with Gasteiger partial charge in [0, 0.05) is 12.6 Å². The molecule has 0 aliphatic rings. The summed E-state index contributed by atoms with van der Waals surface area (Å²) in [5.74, 6) is -0.904. The van der Waals surface area contributed by atoms with Crippen molar-refractivity contribution in [2.24, 2.45) is 0 Å². The number of alkyl halides is 3. The van der Waals surface area contributed by atoms with Crippen molar-refractivity contribution in [2.45, 2.75) is 32.0 Å². The van der Waals surface area contributed by atoms with Crippen LogP contribution in [0, 0.1) is 0 Å². The molecule has 0 amide bonds. The maximum absolute atomic E-state index is 12.5. The Labute approximate surface area is 109 Å². The molecule has 106 valence electrons. The molecule has 0 fully saturated rings. The minimum atomic E-state index is -4.34. The summed E-state index contributed by atoms with van der Waals surface area (Å²) in [5.41, 5.74) is -0.0899. The number of benzene rings is 1. The first kappa shape index (κ1) is 15.5. The molecule has 0 aliphatic carbocycles. The molecule has 1 aromatic carbocycles. The molecule has 2 N–H and O–H groups in total. The average Bonchev–Trinajstić information content (AvgIpc) is 2.27. The predicted octanol–water partition coefficient (Wildman–Crippen LogP) is 2.70. The fraction of sp³-hybridized carbons (Fsp3) is 0.462. The Morgan fingerprint density at radius 2 is 2.11 bits per heavy atom. The summed E-state index contributed by atoms with van der Waals surface area (Å²) in [6, 6.07) is 5.08. The Hall–Kier alpha value is -1.56. The quantitative estimate of drug-likeness (QED) is 0.839. The lowest BCUT2D eigenvalue weighted by Gasteiger charge is -2.14. The number of aliphatic carboxylic acids is 1. The molecule has 0 aromatic heterocycles. The van der Waals surface area contributed by atoms with Crippen LogP contribution in [0.4, 0.5) is 13.2 Å². The van der Waals surface area contributed by atoms with Gasteiger partial charge in [-0.1, -0.05) is 18.2 Å². The van der Waals surface area contributed by atoms with E-state index in [0.717, 1.165) is 12.1 Å². The second kappa shape index (κ2) is 6.56. The van der Waals surface area contributed by atoms with E-state index in [9.17, 15) is 18.0 Å². The van der Waals surface area contributed by atoms with Crippen LogP contribution in [0.2, 0.25) is 0 Å². The lowest BCUT2D eigenvalue weighted by atomic mass is 10.0. The van der Waals surface area contributed by atoms with E-state index < -0.39 is 17.7 Å². The highest BCUT2D eigenvalue weighted by atomic mass is 19.4. The molecule has 0 aliphatic heterocycles. The van der Waals surface area contributed by atoms with Gasteiger partial charge in [-0.15, -0.1) is 0 Å². The zero-order valence-electron chi connectivity index (χ0n) is 10.5. The normalized spacial score (nSPS) is 13.3. The van der Waals surface area contributed by atoms with Gasteiger partial charge in [0.25, 0.3) is 0 Å². The zero-order chi connectivity index (χ0) is 14.5. The van der Waals surface area contributed by atoms with Crippen LogP contribution >= 0.6 is 0 Å². The summed E-state index contributed by atoms with van der Waals surface area (Å²) in [6.07, 6.45) is -3.92. The van der Waals surface area contributed by atoms with Gasteiger partial charge in [0.05, 0.1) is 12.0 Å². The van der Waals surface area contributed by atoms with Crippen molar-refractivity contribution in [3.8, 4) is 0 Å². The number of halogens is 3. The van der Waals surface area contributed by atoms with E-state index in [1.54, 1.807) is 6.07 Å². The van der Waals surface area contributed by atoms with Crippen molar-refractivity contribution in [2.75, 3.05) is 6.54 Å².